The standard InChI is InChI=1S/C20H24N6O2S2.C2H7N/c1-13-19(30-14(2)25-13)17(21-3)11-29-12-24-18-5-4-15(8-23-18)20(28)26-7-6-22-16(9-26)10-27;1-3-2/h4-5,8,10-11,16,22H,3,6-7,9,12H2,1-2H3,(H,23,24);3H,1-2H3/b17-11-;. The van der Waals surface area contributed by atoms with Crippen LogP contribution in [0.15, 0.2) is 28.7 Å². The Hall–Kier alpha value is -2.60. The van der Waals surface area contributed by atoms with Gasteiger partial charge in [0, 0.05) is 25.8 Å². The lowest BCUT2D eigenvalue weighted by Gasteiger charge is -2.31. The molecule has 3 rings (SSSR count). The summed E-state index contributed by atoms with van der Waals surface area (Å²) in [6.07, 6.45) is 2.39. The van der Waals surface area contributed by atoms with Crippen molar-refractivity contribution in [1.82, 2.24) is 25.5 Å². The van der Waals surface area contributed by atoms with Crippen molar-refractivity contribution in [2.75, 3.05) is 44.9 Å². The Morgan fingerprint density at radius 3 is 2.76 bits per heavy atom. The highest BCUT2D eigenvalue weighted by atomic mass is 32.2. The summed E-state index contributed by atoms with van der Waals surface area (Å²) in [7, 11) is 3.75. The van der Waals surface area contributed by atoms with Crippen LogP contribution in [-0.2, 0) is 4.79 Å². The highest BCUT2D eigenvalue weighted by molar-refractivity contribution is 8.02. The molecule has 2 aromatic heterocycles. The minimum atomic E-state index is -0.311. The average Bonchev–Trinajstić information content (AvgIpc) is 3.17. The van der Waals surface area contributed by atoms with E-state index in [1.54, 1.807) is 46.3 Å². The third kappa shape index (κ3) is 8.04. The molecule has 0 aliphatic carbocycles. The first-order valence-corrected chi connectivity index (χ1v) is 12.3. The van der Waals surface area contributed by atoms with E-state index in [1.165, 1.54) is 0 Å². The fraction of sp³-hybridized carbons (Fsp3) is 0.409. The summed E-state index contributed by atoms with van der Waals surface area (Å²) >= 11 is 3.15. The largest absolute Gasteiger partial charge is 0.361 e. The van der Waals surface area contributed by atoms with Gasteiger partial charge in [-0.05, 0) is 52.2 Å². The van der Waals surface area contributed by atoms with E-state index in [0.717, 1.165) is 27.6 Å². The second-order valence-corrected chi connectivity index (χ2v) is 9.24. The van der Waals surface area contributed by atoms with Crippen molar-refractivity contribution >= 4 is 53.5 Å². The summed E-state index contributed by atoms with van der Waals surface area (Å²) in [6, 6.07) is 3.21. The second kappa shape index (κ2) is 13.8. The fourth-order valence-corrected chi connectivity index (χ4v) is 4.67. The van der Waals surface area contributed by atoms with Crippen molar-refractivity contribution in [3.05, 3.63) is 44.9 Å². The van der Waals surface area contributed by atoms with E-state index in [1.807, 2.05) is 33.4 Å². The molecule has 9 nitrogen and oxygen atoms in total. The number of hydrogen-bond donors (Lipinski definition) is 3. The van der Waals surface area contributed by atoms with Crippen LogP contribution >= 0.6 is 23.1 Å². The molecule has 1 fully saturated rings. The van der Waals surface area contributed by atoms with E-state index in [0.29, 0.717) is 36.9 Å². The fourth-order valence-electron chi connectivity index (χ4n) is 3.03. The monoisotopic (exact) mass is 489 g/mol. The van der Waals surface area contributed by atoms with Gasteiger partial charge < -0.3 is 25.6 Å². The number of anilines is 1. The molecule has 0 spiro atoms. The summed E-state index contributed by atoms with van der Waals surface area (Å²) in [5.41, 5.74) is 2.27. The highest BCUT2D eigenvalue weighted by Gasteiger charge is 2.23. The molecule has 0 bridgehead atoms. The molecule has 0 radical (unpaired) electrons. The Labute approximate surface area is 203 Å². The predicted octanol–water partition coefficient (Wildman–Crippen LogP) is 2.41. The molecule has 33 heavy (non-hydrogen) atoms. The number of amides is 1. The van der Waals surface area contributed by atoms with Crippen molar-refractivity contribution in [1.29, 1.82) is 0 Å². The van der Waals surface area contributed by atoms with E-state index in [9.17, 15) is 9.59 Å². The lowest BCUT2D eigenvalue weighted by Crippen LogP contribution is -2.53. The SMILES string of the molecule is C=N/C(=C\SCNc1ccc(C(=O)N2CCNC(C=O)C2)cn1)c1sc(C)nc1C.CNC. The maximum atomic E-state index is 12.6. The Morgan fingerprint density at radius 1 is 1.42 bits per heavy atom. The van der Waals surface area contributed by atoms with Gasteiger partial charge in [0.1, 0.15) is 12.1 Å². The molecule has 0 saturated carbocycles. The Morgan fingerprint density at radius 2 is 2.18 bits per heavy atom. The number of rotatable bonds is 8. The lowest BCUT2D eigenvalue weighted by atomic mass is 10.2. The van der Waals surface area contributed by atoms with Crippen molar-refractivity contribution in [3.63, 3.8) is 0 Å². The molecular formula is C22H31N7O2S2. The molecule has 1 saturated heterocycles. The number of aliphatic imine (C=N–C) groups is 1. The Balaban J connectivity index is 0.00000122. The molecule has 0 aromatic carbocycles. The molecule has 3 N–H and O–H groups in total. The number of piperazine rings is 1. The molecule has 2 aromatic rings. The van der Waals surface area contributed by atoms with Gasteiger partial charge in [-0.15, -0.1) is 23.1 Å². The van der Waals surface area contributed by atoms with E-state index in [2.05, 4.69) is 37.6 Å². The van der Waals surface area contributed by atoms with Crippen LogP contribution in [-0.4, -0.2) is 79.4 Å². The summed E-state index contributed by atoms with van der Waals surface area (Å²) in [5, 5.41) is 12.0. The zero-order chi connectivity index (χ0) is 24.2. The maximum absolute atomic E-state index is 12.6. The quantitative estimate of drug-likeness (QED) is 0.224. The van der Waals surface area contributed by atoms with Crippen molar-refractivity contribution < 1.29 is 9.59 Å². The van der Waals surface area contributed by atoms with Gasteiger partial charge in [0.15, 0.2) is 0 Å². The molecule has 1 aliphatic rings. The number of carbonyl (C=O) groups is 2. The summed E-state index contributed by atoms with van der Waals surface area (Å²) < 4.78 is 0. The number of thiazole rings is 1. The van der Waals surface area contributed by atoms with Crippen molar-refractivity contribution in [3.8, 4) is 0 Å². The van der Waals surface area contributed by atoms with E-state index < -0.39 is 0 Å². The summed E-state index contributed by atoms with van der Waals surface area (Å²) in [4.78, 5) is 39.1. The van der Waals surface area contributed by atoms with Crippen LogP contribution < -0.4 is 16.0 Å². The number of aryl methyl sites for hydroxylation is 2. The lowest BCUT2D eigenvalue weighted by molar-refractivity contribution is -0.110. The number of nitrogens with one attached hydrogen (secondary N) is 3. The molecule has 1 unspecified atom stereocenters. The summed E-state index contributed by atoms with van der Waals surface area (Å²) in [6.45, 7) is 9.15. The minimum Gasteiger partial charge on any atom is -0.361 e. The van der Waals surface area contributed by atoms with E-state index >= 15 is 0 Å². The Kier molecular flexibility index (Phi) is 11.2. The molecule has 11 heteroatoms. The van der Waals surface area contributed by atoms with Crippen molar-refractivity contribution in [2.24, 2.45) is 4.99 Å². The number of aromatic nitrogens is 2. The van der Waals surface area contributed by atoms with Gasteiger partial charge >= 0.3 is 0 Å². The highest BCUT2D eigenvalue weighted by Crippen LogP contribution is 2.28. The number of carbonyl (C=O) groups excluding carboxylic acids is 2. The summed E-state index contributed by atoms with van der Waals surface area (Å²) in [5.74, 6) is 1.16. The average molecular weight is 490 g/mol. The van der Waals surface area contributed by atoms with Gasteiger partial charge in [0.2, 0.25) is 0 Å². The van der Waals surface area contributed by atoms with Gasteiger partial charge in [0.05, 0.1) is 38.8 Å². The van der Waals surface area contributed by atoms with Crippen LogP contribution in [0.5, 0.6) is 0 Å². The van der Waals surface area contributed by atoms with Crippen LogP contribution in [0.25, 0.3) is 5.70 Å². The van der Waals surface area contributed by atoms with E-state index in [-0.39, 0.29) is 11.9 Å². The van der Waals surface area contributed by atoms with Crippen LogP contribution in [0.3, 0.4) is 0 Å². The normalized spacial score (nSPS) is 15.9. The third-order valence-electron chi connectivity index (χ3n) is 4.51. The number of thioether (sulfide) groups is 1. The molecule has 178 valence electrons. The van der Waals surface area contributed by atoms with Crippen LogP contribution in [0.2, 0.25) is 0 Å². The zero-order valence-electron chi connectivity index (χ0n) is 19.4. The molecule has 1 amide bonds. The van der Waals surface area contributed by atoms with Gasteiger partial charge in [-0.1, -0.05) is 0 Å². The predicted molar refractivity (Wildman–Crippen MR) is 138 cm³/mol. The minimum absolute atomic E-state index is 0.114. The molecule has 1 atom stereocenters. The molecular weight excluding hydrogens is 458 g/mol. The third-order valence-corrected chi connectivity index (χ3v) is 6.30. The van der Waals surface area contributed by atoms with Gasteiger partial charge in [-0.25, -0.2) is 9.97 Å². The van der Waals surface area contributed by atoms with Crippen LogP contribution in [0.1, 0.15) is 25.9 Å². The second-order valence-electron chi connectivity index (χ2n) is 7.18. The van der Waals surface area contributed by atoms with Gasteiger partial charge in [-0.2, -0.15) is 0 Å². The van der Waals surface area contributed by atoms with Crippen molar-refractivity contribution in [2.45, 2.75) is 19.9 Å². The van der Waals surface area contributed by atoms with Crippen LogP contribution in [0.4, 0.5) is 5.82 Å². The number of pyridine rings is 1. The number of aldehydes is 1. The first-order chi connectivity index (χ1) is 15.9. The molecule has 1 aliphatic heterocycles. The topological polar surface area (TPSA) is 112 Å². The smallest absolute Gasteiger partial charge is 0.255 e. The number of nitrogens with zero attached hydrogens (tertiary/aromatic N) is 4. The Bertz CT molecular complexity index is 960. The number of hydrogen-bond acceptors (Lipinski definition) is 10. The van der Waals surface area contributed by atoms with Gasteiger partial charge in [0.25, 0.3) is 5.91 Å². The van der Waals surface area contributed by atoms with Crippen LogP contribution in [0, 0.1) is 13.8 Å². The first kappa shape index (κ1) is 26.7. The van der Waals surface area contributed by atoms with Gasteiger partial charge in [-0.3, -0.25) is 9.79 Å². The zero-order valence-corrected chi connectivity index (χ0v) is 21.1. The maximum Gasteiger partial charge on any atom is 0.255 e. The van der Waals surface area contributed by atoms with E-state index in [4.69, 9.17) is 0 Å². The first-order valence-electron chi connectivity index (χ1n) is 10.4. The molecule has 3 heterocycles.